The summed E-state index contributed by atoms with van der Waals surface area (Å²) in [5.41, 5.74) is 5.63. The summed E-state index contributed by atoms with van der Waals surface area (Å²) in [6.07, 6.45) is 1.05. The number of hydrogen-bond donors (Lipinski definition) is 1. The molecule has 2 aromatic carbocycles. The first-order valence-corrected chi connectivity index (χ1v) is 7.12. The molecule has 0 heterocycles. The zero-order chi connectivity index (χ0) is 14.3. The molecule has 3 heteroatoms. The van der Waals surface area contributed by atoms with Crippen molar-refractivity contribution in [2.45, 2.75) is 25.7 Å². The van der Waals surface area contributed by atoms with Crippen LogP contribution >= 0.6 is 11.6 Å². The third-order valence-corrected chi connectivity index (χ3v) is 4.19. The lowest BCUT2D eigenvalue weighted by Crippen LogP contribution is -2.05. The van der Waals surface area contributed by atoms with Gasteiger partial charge in [-0.15, -0.1) is 0 Å². The number of carboxylic acids is 1. The first kappa shape index (κ1) is 13.2. The molecule has 2 aromatic rings. The molecule has 1 unspecified atom stereocenters. The van der Waals surface area contributed by atoms with E-state index in [1.807, 2.05) is 18.2 Å². The maximum absolute atomic E-state index is 11.2. The molecule has 102 valence electrons. The first-order valence-electron chi connectivity index (χ1n) is 6.74. The third-order valence-electron chi connectivity index (χ3n) is 3.96. The molecule has 0 radical (unpaired) electrons. The molecular weight excluding hydrogens is 272 g/mol. The Morgan fingerprint density at radius 2 is 1.80 bits per heavy atom. The largest absolute Gasteiger partial charge is 0.481 e. The predicted octanol–water partition coefficient (Wildman–Crippen LogP) is 4.49. The van der Waals surface area contributed by atoms with Crippen LogP contribution in [0.1, 0.15) is 36.0 Å². The lowest BCUT2D eigenvalue weighted by atomic mass is 9.92. The normalized spacial score (nSPS) is 15.8. The van der Waals surface area contributed by atoms with Gasteiger partial charge in [-0.05, 0) is 46.4 Å². The smallest absolute Gasteiger partial charge is 0.304 e. The van der Waals surface area contributed by atoms with E-state index in [0.717, 1.165) is 28.7 Å². The predicted molar refractivity (Wildman–Crippen MR) is 80.4 cm³/mol. The van der Waals surface area contributed by atoms with Crippen LogP contribution in [0.2, 0.25) is 5.02 Å². The fourth-order valence-corrected chi connectivity index (χ4v) is 3.18. The van der Waals surface area contributed by atoms with E-state index >= 15 is 0 Å². The summed E-state index contributed by atoms with van der Waals surface area (Å²) in [6.45, 7) is 2.10. The van der Waals surface area contributed by atoms with Gasteiger partial charge in [0.1, 0.15) is 0 Å². The molecule has 0 spiro atoms. The fourth-order valence-electron chi connectivity index (χ4n) is 2.99. The molecular formula is C17H15ClO2. The van der Waals surface area contributed by atoms with Crippen LogP contribution in [-0.2, 0) is 11.2 Å². The minimum absolute atomic E-state index is 0.0947. The number of fused-ring (bicyclic) bond motifs is 3. The van der Waals surface area contributed by atoms with Gasteiger partial charge in [0.2, 0.25) is 0 Å². The highest BCUT2D eigenvalue weighted by molar-refractivity contribution is 6.30. The van der Waals surface area contributed by atoms with E-state index in [-0.39, 0.29) is 12.3 Å². The standard InChI is InChI=1S/C17H15ClO2/c1-2-10-3-5-12-13-6-4-11(18)8-15(13)16(9-17(19)20)14(12)7-10/h3-8,16H,2,9H2,1H3,(H,19,20). The Bertz CT molecular complexity index is 691. The maximum Gasteiger partial charge on any atom is 0.304 e. The lowest BCUT2D eigenvalue weighted by molar-refractivity contribution is -0.137. The monoisotopic (exact) mass is 286 g/mol. The van der Waals surface area contributed by atoms with Crippen LogP contribution in [0.15, 0.2) is 36.4 Å². The van der Waals surface area contributed by atoms with Gasteiger partial charge in [-0.25, -0.2) is 0 Å². The molecule has 2 nitrogen and oxygen atoms in total. The molecule has 0 fully saturated rings. The second kappa shape index (κ2) is 4.95. The van der Waals surface area contributed by atoms with E-state index in [4.69, 9.17) is 11.6 Å². The Labute approximate surface area is 123 Å². The summed E-state index contributed by atoms with van der Waals surface area (Å²) >= 11 is 6.08. The minimum atomic E-state index is -0.782. The van der Waals surface area contributed by atoms with Crippen molar-refractivity contribution >= 4 is 17.6 Å². The van der Waals surface area contributed by atoms with Crippen molar-refractivity contribution in [2.75, 3.05) is 0 Å². The lowest BCUT2D eigenvalue weighted by Gasteiger charge is -2.11. The number of aliphatic carboxylic acids is 1. The van der Waals surface area contributed by atoms with E-state index in [2.05, 4.69) is 25.1 Å². The van der Waals surface area contributed by atoms with Crippen molar-refractivity contribution in [2.24, 2.45) is 0 Å². The molecule has 20 heavy (non-hydrogen) atoms. The highest BCUT2D eigenvalue weighted by Crippen LogP contribution is 2.47. The first-order chi connectivity index (χ1) is 9.60. The molecule has 0 aliphatic heterocycles. The van der Waals surface area contributed by atoms with Crippen LogP contribution < -0.4 is 0 Å². The molecule has 1 atom stereocenters. The molecule has 3 rings (SSSR count). The van der Waals surface area contributed by atoms with E-state index < -0.39 is 5.97 Å². The van der Waals surface area contributed by atoms with Crippen molar-refractivity contribution in [1.29, 1.82) is 0 Å². The number of carboxylic acid groups (broad SMARTS) is 1. The Morgan fingerprint density at radius 1 is 1.15 bits per heavy atom. The summed E-state index contributed by atoms with van der Waals surface area (Å²) in [5.74, 6) is -0.877. The van der Waals surface area contributed by atoms with Crippen LogP contribution in [-0.4, -0.2) is 11.1 Å². The number of carbonyl (C=O) groups is 1. The maximum atomic E-state index is 11.2. The number of hydrogen-bond acceptors (Lipinski definition) is 1. The van der Waals surface area contributed by atoms with Crippen LogP contribution in [0.25, 0.3) is 11.1 Å². The quantitative estimate of drug-likeness (QED) is 0.902. The number of aryl methyl sites for hydroxylation is 1. The van der Waals surface area contributed by atoms with Gasteiger partial charge >= 0.3 is 5.97 Å². The Morgan fingerprint density at radius 3 is 2.45 bits per heavy atom. The average molecular weight is 287 g/mol. The van der Waals surface area contributed by atoms with Gasteiger partial charge in [-0.1, -0.05) is 42.8 Å². The van der Waals surface area contributed by atoms with Crippen LogP contribution in [0, 0.1) is 0 Å². The van der Waals surface area contributed by atoms with Gasteiger partial charge in [-0.3, -0.25) is 4.79 Å². The number of halogens is 1. The van der Waals surface area contributed by atoms with Crippen molar-refractivity contribution in [3.63, 3.8) is 0 Å². The zero-order valence-electron chi connectivity index (χ0n) is 11.2. The highest BCUT2D eigenvalue weighted by atomic mass is 35.5. The van der Waals surface area contributed by atoms with Crippen LogP contribution in [0.4, 0.5) is 0 Å². The molecule has 0 aromatic heterocycles. The van der Waals surface area contributed by atoms with Gasteiger partial charge in [0.15, 0.2) is 0 Å². The van der Waals surface area contributed by atoms with Crippen molar-refractivity contribution in [3.05, 3.63) is 58.1 Å². The minimum Gasteiger partial charge on any atom is -0.481 e. The Kier molecular flexibility index (Phi) is 3.27. The Hall–Kier alpha value is -1.80. The molecule has 1 N–H and O–H groups in total. The number of benzene rings is 2. The van der Waals surface area contributed by atoms with Gasteiger partial charge in [0, 0.05) is 10.9 Å². The average Bonchev–Trinajstić information content (AvgIpc) is 2.71. The van der Waals surface area contributed by atoms with Crippen LogP contribution in [0.5, 0.6) is 0 Å². The second-order valence-electron chi connectivity index (χ2n) is 5.16. The van der Waals surface area contributed by atoms with E-state index in [1.165, 1.54) is 5.56 Å². The molecule has 0 saturated carbocycles. The summed E-state index contributed by atoms with van der Waals surface area (Å²) in [6, 6.07) is 12.1. The van der Waals surface area contributed by atoms with E-state index in [0.29, 0.717) is 5.02 Å². The van der Waals surface area contributed by atoms with E-state index in [1.54, 1.807) is 0 Å². The topological polar surface area (TPSA) is 37.3 Å². The van der Waals surface area contributed by atoms with Crippen molar-refractivity contribution in [3.8, 4) is 11.1 Å². The zero-order valence-corrected chi connectivity index (χ0v) is 11.9. The van der Waals surface area contributed by atoms with Gasteiger partial charge in [0.05, 0.1) is 6.42 Å². The SMILES string of the molecule is CCc1ccc2c(c1)C(CC(=O)O)c1cc(Cl)ccc1-2. The third kappa shape index (κ3) is 2.10. The summed E-state index contributed by atoms with van der Waals surface area (Å²) in [7, 11) is 0. The van der Waals surface area contributed by atoms with Crippen LogP contribution in [0.3, 0.4) is 0 Å². The molecule has 1 aliphatic rings. The van der Waals surface area contributed by atoms with Gasteiger partial charge in [-0.2, -0.15) is 0 Å². The fraction of sp³-hybridized carbons (Fsp3) is 0.235. The molecule has 0 amide bonds. The Balaban J connectivity index is 2.19. The van der Waals surface area contributed by atoms with Gasteiger partial charge in [0.25, 0.3) is 0 Å². The summed E-state index contributed by atoms with van der Waals surface area (Å²) < 4.78 is 0. The molecule has 1 aliphatic carbocycles. The number of rotatable bonds is 3. The summed E-state index contributed by atoms with van der Waals surface area (Å²) in [5, 5.41) is 9.84. The molecule has 0 bridgehead atoms. The van der Waals surface area contributed by atoms with Gasteiger partial charge < -0.3 is 5.11 Å². The highest BCUT2D eigenvalue weighted by Gasteiger charge is 2.30. The van der Waals surface area contributed by atoms with Crippen molar-refractivity contribution in [1.82, 2.24) is 0 Å². The van der Waals surface area contributed by atoms with Crippen molar-refractivity contribution < 1.29 is 9.90 Å². The molecule has 0 saturated heterocycles. The second-order valence-corrected chi connectivity index (χ2v) is 5.59. The summed E-state index contributed by atoms with van der Waals surface area (Å²) in [4.78, 5) is 11.2. The van der Waals surface area contributed by atoms with E-state index in [9.17, 15) is 9.90 Å².